The molecule has 0 fully saturated rings. The van der Waals surface area contributed by atoms with Crippen molar-refractivity contribution in [1.82, 2.24) is 5.32 Å². The fraction of sp³-hybridized carbons (Fsp3) is 0.750. The average molecular weight is 119 g/mol. The van der Waals surface area contributed by atoms with Crippen LogP contribution in [-0.2, 0) is 4.79 Å². The van der Waals surface area contributed by atoms with Crippen molar-refractivity contribution in [3.05, 3.63) is 0 Å². The molecule has 0 aromatic carbocycles. The molecule has 1 unspecified atom stereocenters. The number of nitrogens with one attached hydrogen (secondary N) is 1. The van der Waals surface area contributed by atoms with Crippen LogP contribution in [0.1, 0.15) is 6.92 Å². The van der Waals surface area contributed by atoms with Crippen LogP contribution in [0, 0.1) is 0 Å². The van der Waals surface area contributed by atoms with Crippen molar-refractivity contribution < 1.29 is 4.79 Å². The molecule has 1 N–H and O–H groups in total. The summed E-state index contributed by atoms with van der Waals surface area (Å²) in [5.41, 5.74) is 0. The van der Waals surface area contributed by atoms with E-state index in [1.165, 1.54) is 0 Å². The van der Waals surface area contributed by atoms with E-state index in [0.717, 1.165) is 0 Å². The third kappa shape index (κ3) is 2.51. The monoisotopic (exact) mass is 119 g/mol. The lowest BCUT2D eigenvalue weighted by atomic mass is 10.4. The molecule has 0 spiro atoms. The molecular formula is C4H9NOS. The smallest absolute Gasteiger partial charge is 0.232 e. The average Bonchev–Trinajstić information content (AvgIpc) is 1.65. The molecular weight excluding hydrogens is 110 g/mol. The number of hydrogen-bond acceptors (Lipinski definition) is 2. The molecule has 0 radical (unpaired) electrons. The minimum absolute atomic E-state index is 0.0386. The Kier molecular flexibility index (Phi) is 2.83. The van der Waals surface area contributed by atoms with Crippen LogP contribution in [-0.4, -0.2) is 18.2 Å². The Morgan fingerprint density at radius 1 is 1.86 bits per heavy atom. The molecule has 1 atom stereocenters. The Labute approximate surface area is 48.7 Å². The van der Waals surface area contributed by atoms with Crippen LogP contribution in [0.15, 0.2) is 0 Å². The Balaban J connectivity index is 3.35. The number of carbonyl (C=O) groups is 1. The normalized spacial score (nSPS) is 13.0. The van der Waals surface area contributed by atoms with Gasteiger partial charge < -0.3 is 5.32 Å². The second-order valence-electron chi connectivity index (χ2n) is 1.29. The molecule has 7 heavy (non-hydrogen) atoms. The van der Waals surface area contributed by atoms with E-state index in [1.54, 1.807) is 14.0 Å². The van der Waals surface area contributed by atoms with Crippen LogP contribution >= 0.6 is 12.6 Å². The Morgan fingerprint density at radius 3 is 2.29 bits per heavy atom. The third-order valence-corrected chi connectivity index (χ3v) is 0.860. The molecule has 2 nitrogen and oxygen atoms in total. The highest BCUT2D eigenvalue weighted by Gasteiger charge is 2.01. The summed E-state index contributed by atoms with van der Waals surface area (Å²) in [5, 5.41) is 2.26. The highest BCUT2D eigenvalue weighted by atomic mass is 32.1. The van der Waals surface area contributed by atoms with Crippen LogP contribution in [0.25, 0.3) is 0 Å². The summed E-state index contributed by atoms with van der Waals surface area (Å²) in [5.74, 6) is -0.0386. The first-order chi connectivity index (χ1) is 3.18. The molecule has 0 aromatic heterocycles. The van der Waals surface area contributed by atoms with Gasteiger partial charge in [0.05, 0.1) is 5.25 Å². The maximum Gasteiger partial charge on any atom is 0.232 e. The van der Waals surface area contributed by atoms with Gasteiger partial charge in [-0.1, -0.05) is 0 Å². The number of rotatable bonds is 1. The zero-order valence-corrected chi connectivity index (χ0v) is 5.33. The van der Waals surface area contributed by atoms with Crippen LogP contribution in [0.3, 0.4) is 0 Å². The molecule has 0 aliphatic carbocycles. The fourth-order valence-electron chi connectivity index (χ4n) is 0.209. The first-order valence-electron chi connectivity index (χ1n) is 2.08. The molecule has 0 aliphatic rings. The number of carbonyl (C=O) groups excluding carboxylic acids is 1. The van der Waals surface area contributed by atoms with Crippen molar-refractivity contribution in [2.24, 2.45) is 0 Å². The first kappa shape index (κ1) is 6.82. The van der Waals surface area contributed by atoms with Gasteiger partial charge in [-0.2, -0.15) is 12.6 Å². The van der Waals surface area contributed by atoms with Crippen molar-refractivity contribution in [1.29, 1.82) is 0 Å². The SMILES string of the molecule is CNC(=O)C(C)S. The first-order valence-corrected chi connectivity index (χ1v) is 2.59. The summed E-state index contributed by atoms with van der Waals surface area (Å²) in [4.78, 5) is 10.3. The fourth-order valence-corrected chi connectivity index (χ4v) is 0.338. The van der Waals surface area contributed by atoms with E-state index in [-0.39, 0.29) is 11.2 Å². The van der Waals surface area contributed by atoms with Crippen molar-refractivity contribution in [2.75, 3.05) is 7.05 Å². The summed E-state index contributed by atoms with van der Waals surface area (Å²) in [6, 6.07) is 0. The molecule has 0 rings (SSSR count). The van der Waals surface area contributed by atoms with Crippen molar-refractivity contribution >= 4 is 18.5 Å². The van der Waals surface area contributed by atoms with Crippen LogP contribution < -0.4 is 5.32 Å². The van der Waals surface area contributed by atoms with Crippen molar-refractivity contribution in [2.45, 2.75) is 12.2 Å². The van der Waals surface area contributed by atoms with Gasteiger partial charge in [0.1, 0.15) is 0 Å². The molecule has 0 saturated carbocycles. The molecule has 0 saturated heterocycles. The van der Waals surface area contributed by atoms with E-state index in [4.69, 9.17) is 0 Å². The van der Waals surface area contributed by atoms with E-state index in [1.807, 2.05) is 0 Å². The minimum Gasteiger partial charge on any atom is -0.358 e. The second-order valence-corrected chi connectivity index (χ2v) is 2.06. The van der Waals surface area contributed by atoms with Crippen LogP contribution in [0.5, 0.6) is 0 Å². The lowest BCUT2D eigenvalue weighted by Gasteiger charge is -1.98. The van der Waals surface area contributed by atoms with E-state index >= 15 is 0 Å². The van der Waals surface area contributed by atoms with Crippen LogP contribution in [0.4, 0.5) is 0 Å². The van der Waals surface area contributed by atoms with Gasteiger partial charge >= 0.3 is 0 Å². The van der Waals surface area contributed by atoms with Gasteiger partial charge in [-0.15, -0.1) is 0 Å². The largest absolute Gasteiger partial charge is 0.358 e. The van der Waals surface area contributed by atoms with Crippen LogP contribution in [0.2, 0.25) is 0 Å². The van der Waals surface area contributed by atoms with Gasteiger partial charge in [-0.25, -0.2) is 0 Å². The van der Waals surface area contributed by atoms with Gasteiger partial charge in [0, 0.05) is 7.05 Å². The quantitative estimate of drug-likeness (QED) is 0.469. The maximum absolute atomic E-state index is 10.3. The zero-order chi connectivity index (χ0) is 5.86. The Morgan fingerprint density at radius 2 is 2.29 bits per heavy atom. The number of amides is 1. The van der Waals surface area contributed by atoms with Gasteiger partial charge in [0.2, 0.25) is 5.91 Å². The minimum atomic E-state index is -0.190. The predicted molar refractivity (Wildman–Crippen MR) is 32.5 cm³/mol. The summed E-state index contributed by atoms with van der Waals surface area (Å²) in [6.07, 6.45) is 0. The Bertz CT molecular complexity index is 72.1. The lowest BCUT2D eigenvalue weighted by Crippen LogP contribution is -2.25. The highest BCUT2D eigenvalue weighted by molar-refractivity contribution is 7.81. The summed E-state index contributed by atoms with van der Waals surface area (Å²) < 4.78 is 0. The van der Waals surface area contributed by atoms with E-state index in [0.29, 0.717) is 0 Å². The summed E-state index contributed by atoms with van der Waals surface area (Å²) in [7, 11) is 1.59. The lowest BCUT2D eigenvalue weighted by molar-refractivity contribution is -0.119. The number of hydrogen-bond donors (Lipinski definition) is 2. The molecule has 1 amide bonds. The standard InChI is InChI=1S/C4H9NOS/c1-3(7)4(6)5-2/h3,7H,1-2H3,(H,5,6). The van der Waals surface area contributed by atoms with E-state index in [9.17, 15) is 4.79 Å². The molecule has 3 heteroatoms. The van der Waals surface area contributed by atoms with Crippen molar-refractivity contribution in [3.63, 3.8) is 0 Å². The van der Waals surface area contributed by atoms with E-state index in [2.05, 4.69) is 17.9 Å². The van der Waals surface area contributed by atoms with Gasteiger partial charge in [0.25, 0.3) is 0 Å². The van der Waals surface area contributed by atoms with Gasteiger partial charge in [-0.05, 0) is 6.92 Å². The molecule has 42 valence electrons. The zero-order valence-electron chi connectivity index (χ0n) is 4.43. The predicted octanol–water partition coefficient (Wildman–Crippen LogP) is 0.0507. The topological polar surface area (TPSA) is 29.1 Å². The molecule has 0 aliphatic heterocycles. The van der Waals surface area contributed by atoms with Crippen molar-refractivity contribution in [3.8, 4) is 0 Å². The highest BCUT2D eigenvalue weighted by Crippen LogP contribution is 1.88. The van der Waals surface area contributed by atoms with Gasteiger partial charge in [0.15, 0.2) is 0 Å². The second kappa shape index (κ2) is 2.91. The molecule has 0 heterocycles. The summed E-state index contributed by atoms with van der Waals surface area (Å²) >= 11 is 3.86. The molecule has 0 bridgehead atoms. The summed E-state index contributed by atoms with van der Waals surface area (Å²) in [6.45, 7) is 1.72. The van der Waals surface area contributed by atoms with Gasteiger partial charge in [-0.3, -0.25) is 4.79 Å². The maximum atomic E-state index is 10.3. The molecule has 0 aromatic rings. The van der Waals surface area contributed by atoms with E-state index < -0.39 is 0 Å². The Hall–Kier alpha value is -0.180. The third-order valence-electron chi connectivity index (χ3n) is 0.626. The number of thiol groups is 1.